The van der Waals surface area contributed by atoms with Crippen molar-refractivity contribution in [3.8, 4) is 0 Å². The number of ketones is 1. The molecule has 0 amide bonds. The van der Waals surface area contributed by atoms with Gasteiger partial charge in [0.15, 0.2) is 0 Å². The number of alkyl halides is 3. The van der Waals surface area contributed by atoms with Crippen molar-refractivity contribution in [2.24, 2.45) is 44.8 Å². The molecule has 0 radical (unpaired) electrons. The molecule has 0 bridgehead atoms. The number of fused-ring (bicyclic) bond motifs is 2. The van der Waals surface area contributed by atoms with Gasteiger partial charge in [-0.05, 0) is 103 Å². The Hall–Kier alpha value is -0.580. The summed E-state index contributed by atoms with van der Waals surface area (Å²) in [6.07, 6.45) is 4.01. The minimum absolute atomic E-state index is 0.0243. The topological polar surface area (TPSA) is 37.3 Å². The van der Waals surface area contributed by atoms with Gasteiger partial charge in [0, 0.05) is 6.42 Å². The molecule has 0 aromatic heterocycles. The Morgan fingerprint density at radius 2 is 1.50 bits per heavy atom. The van der Waals surface area contributed by atoms with Crippen LogP contribution in [0.5, 0.6) is 0 Å². The van der Waals surface area contributed by atoms with Gasteiger partial charge in [-0.3, -0.25) is 4.79 Å². The number of halogens is 3. The third-order valence-electron chi connectivity index (χ3n) is 12.0. The molecule has 2 spiro atoms. The van der Waals surface area contributed by atoms with E-state index in [1.165, 1.54) is 6.42 Å². The van der Waals surface area contributed by atoms with Crippen LogP contribution in [0, 0.1) is 44.8 Å². The van der Waals surface area contributed by atoms with E-state index < -0.39 is 12.0 Å². The van der Waals surface area contributed by atoms with E-state index in [1.807, 2.05) is 0 Å². The fraction of sp³-hybridized carbons (Fsp3) is 0.960. The third-order valence-corrected chi connectivity index (χ3v) is 12.0. The first-order chi connectivity index (χ1) is 13.7. The quantitative estimate of drug-likeness (QED) is 0.562. The van der Waals surface area contributed by atoms with Crippen LogP contribution in [0.15, 0.2) is 0 Å². The minimum atomic E-state index is -4.71. The first kappa shape index (κ1) is 21.3. The van der Waals surface area contributed by atoms with Crippen molar-refractivity contribution in [1.29, 1.82) is 0 Å². The molecule has 0 saturated heterocycles. The van der Waals surface area contributed by atoms with Crippen molar-refractivity contribution in [2.75, 3.05) is 0 Å². The van der Waals surface area contributed by atoms with Crippen molar-refractivity contribution in [2.45, 2.75) is 104 Å². The van der Waals surface area contributed by atoms with Crippen LogP contribution in [0.1, 0.15) is 91.9 Å². The van der Waals surface area contributed by atoms with Crippen LogP contribution < -0.4 is 0 Å². The number of aliphatic hydroxyl groups is 1. The number of rotatable bonds is 2. The summed E-state index contributed by atoms with van der Waals surface area (Å²) >= 11 is 0. The smallest absolute Gasteiger partial charge is 0.393 e. The lowest BCUT2D eigenvalue weighted by Crippen LogP contribution is -2.57. The summed E-state index contributed by atoms with van der Waals surface area (Å²) in [5.74, 6) is -0.571. The van der Waals surface area contributed by atoms with E-state index in [9.17, 15) is 23.1 Å². The highest BCUT2D eigenvalue weighted by molar-refractivity contribution is 5.84. The summed E-state index contributed by atoms with van der Waals surface area (Å²) in [5.41, 5.74) is 0.458. The van der Waals surface area contributed by atoms with Crippen LogP contribution in [-0.2, 0) is 4.79 Å². The van der Waals surface area contributed by atoms with Gasteiger partial charge in [-0.15, -0.1) is 0 Å². The minimum Gasteiger partial charge on any atom is -0.393 e. The molecule has 8 atom stereocenters. The molecule has 5 heteroatoms. The number of hydrogen-bond acceptors (Lipinski definition) is 2. The highest BCUT2D eigenvalue weighted by atomic mass is 19.4. The molecular formula is C25H37F3O2. The fourth-order valence-electron chi connectivity index (χ4n) is 10.1. The predicted octanol–water partition coefficient (Wildman–Crippen LogP) is 6.31. The molecule has 0 aromatic rings. The number of carbonyl (C=O) groups is 1. The molecule has 2 nitrogen and oxygen atoms in total. The number of carbonyl (C=O) groups excluding carboxylic acids is 1. The largest absolute Gasteiger partial charge is 0.449 e. The van der Waals surface area contributed by atoms with Crippen LogP contribution in [-0.4, -0.2) is 23.2 Å². The third kappa shape index (κ3) is 2.29. The van der Waals surface area contributed by atoms with Crippen LogP contribution in [0.2, 0.25) is 0 Å². The zero-order chi connectivity index (χ0) is 22.0. The lowest BCUT2D eigenvalue weighted by atomic mass is 9.42. The molecule has 0 aliphatic heterocycles. The Labute approximate surface area is 178 Å². The molecule has 0 heterocycles. The van der Waals surface area contributed by atoms with E-state index in [0.717, 1.165) is 51.4 Å². The maximum atomic E-state index is 13.0. The SMILES string of the molecule is CC1(C)C2CCC3[C@]4(CC[C@]5(C)C(CC(=O)C(F)(F)F)CC[C@@]35C)C[C@]24CC[C@@H]1O. The second kappa shape index (κ2) is 5.85. The van der Waals surface area contributed by atoms with Gasteiger partial charge in [0.1, 0.15) is 0 Å². The molecule has 5 rings (SSSR count). The van der Waals surface area contributed by atoms with Crippen molar-refractivity contribution >= 4 is 5.78 Å². The molecule has 0 aromatic carbocycles. The van der Waals surface area contributed by atoms with Gasteiger partial charge in [-0.1, -0.05) is 27.7 Å². The van der Waals surface area contributed by atoms with E-state index >= 15 is 0 Å². The van der Waals surface area contributed by atoms with Gasteiger partial charge in [0.2, 0.25) is 5.78 Å². The number of hydrogen-bond donors (Lipinski definition) is 1. The van der Waals surface area contributed by atoms with Gasteiger partial charge >= 0.3 is 6.18 Å². The van der Waals surface area contributed by atoms with Gasteiger partial charge in [-0.25, -0.2) is 0 Å². The average Bonchev–Trinajstić information content (AvgIpc) is 3.25. The highest BCUT2D eigenvalue weighted by Gasteiger charge is 2.82. The zero-order valence-electron chi connectivity index (χ0n) is 18.9. The predicted molar refractivity (Wildman–Crippen MR) is 109 cm³/mol. The van der Waals surface area contributed by atoms with E-state index in [1.54, 1.807) is 0 Å². The normalized spacial score (nSPS) is 53.9. The van der Waals surface area contributed by atoms with E-state index in [0.29, 0.717) is 22.7 Å². The molecule has 5 saturated carbocycles. The highest BCUT2D eigenvalue weighted by Crippen LogP contribution is 2.88. The Morgan fingerprint density at radius 3 is 2.17 bits per heavy atom. The molecule has 5 fully saturated rings. The second-order valence-electron chi connectivity index (χ2n) is 12.7. The summed E-state index contributed by atoms with van der Waals surface area (Å²) in [4.78, 5) is 11.8. The standard InChI is InChI=1S/C25H37F3O2/c1-20(2)16-5-6-17-22(4)9-7-15(13-19(30)25(26,27)28)21(22,3)11-12-24(17)14-23(16,24)10-8-18(20)29/h15-18,29H,5-14H2,1-4H3/t15?,16?,17?,18-,21+,22-,23+,24-/m0/s1. The fourth-order valence-corrected chi connectivity index (χ4v) is 10.1. The summed E-state index contributed by atoms with van der Waals surface area (Å²) < 4.78 is 39.0. The van der Waals surface area contributed by atoms with Gasteiger partial charge < -0.3 is 5.11 Å². The van der Waals surface area contributed by atoms with Crippen molar-refractivity contribution in [3.05, 3.63) is 0 Å². The Balaban J connectivity index is 1.45. The second-order valence-corrected chi connectivity index (χ2v) is 12.7. The van der Waals surface area contributed by atoms with Crippen LogP contribution in [0.4, 0.5) is 13.2 Å². The maximum absolute atomic E-state index is 13.0. The monoisotopic (exact) mass is 426 g/mol. The van der Waals surface area contributed by atoms with Crippen LogP contribution >= 0.6 is 0 Å². The average molecular weight is 427 g/mol. The molecule has 5 aliphatic carbocycles. The van der Waals surface area contributed by atoms with Crippen LogP contribution in [0.3, 0.4) is 0 Å². The molecular weight excluding hydrogens is 389 g/mol. The molecule has 1 N–H and O–H groups in total. The van der Waals surface area contributed by atoms with Crippen LogP contribution in [0.25, 0.3) is 0 Å². The van der Waals surface area contributed by atoms with E-state index in [4.69, 9.17) is 0 Å². The lowest BCUT2D eigenvalue weighted by molar-refractivity contribution is -0.177. The first-order valence-corrected chi connectivity index (χ1v) is 12.0. The maximum Gasteiger partial charge on any atom is 0.449 e. The Bertz CT molecular complexity index is 775. The number of aliphatic hydroxyl groups excluding tert-OH is 1. The first-order valence-electron chi connectivity index (χ1n) is 12.0. The summed E-state index contributed by atoms with van der Waals surface area (Å²) in [7, 11) is 0. The number of Topliss-reactive ketones (excluding diaryl/α,β-unsaturated/α-hetero) is 1. The lowest BCUT2D eigenvalue weighted by Gasteiger charge is -2.63. The molecule has 30 heavy (non-hydrogen) atoms. The Kier molecular flexibility index (Phi) is 4.15. The van der Waals surface area contributed by atoms with Crippen molar-refractivity contribution in [3.63, 3.8) is 0 Å². The van der Waals surface area contributed by atoms with Gasteiger partial charge in [0.25, 0.3) is 0 Å². The Morgan fingerprint density at radius 1 is 0.867 bits per heavy atom. The van der Waals surface area contributed by atoms with E-state index in [-0.39, 0.29) is 34.7 Å². The van der Waals surface area contributed by atoms with E-state index in [2.05, 4.69) is 27.7 Å². The summed E-state index contributed by atoms with van der Waals surface area (Å²) in [6.45, 7) is 9.06. The summed E-state index contributed by atoms with van der Waals surface area (Å²) in [6, 6.07) is 0. The zero-order valence-corrected chi connectivity index (χ0v) is 18.9. The van der Waals surface area contributed by atoms with Crippen molar-refractivity contribution < 1.29 is 23.1 Å². The molecule has 3 unspecified atom stereocenters. The van der Waals surface area contributed by atoms with Gasteiger partial charge in [0.05, 0.1) is 6.10 Å². The summed E-state index contributed by atoms with van der Waals surface area (Å²) in [5, 5.41) is 10.7. The molecule has 170 valence electrons. The van der Waals surface area contributed by atoms with Crippen molar-refractivity contribution in [1.82, 2.24) is 0 Å². The van der Waals surface area contributed by atoms with Gasteiger partial charge in [-0.2, -0.15) is 13.2 Å². The molecule has 5 aliphatic rings.